The average Bonchev–Trinajstić information content (AvgIpc) is 3.01. The Morgan fingerprint density at radius 2 is 1.09 bits per heavy atom. The molecule has 1 fully saturated rings. The van der Waals surface area contributed by atoms with Crippen molar-refractivity contribution < 1.29 is 48.5 Å². The first-order valence-electron chi connectivity index (χ1n) is 13.5. The van der Waals surface area contributed by atoms with Gasteiger partial charge in [-0.25, -0.2) is 0 Å². The molecule has 1 saturated heterocycles. The highest BCUT2D eigenvalue weighted by atomic mass is 31.2. The first kappa shape index (κ1) is 34.6. The molecule has 0 bridgehead atoms. The number of rotatable bonds is 10. The minimum Gasteiger partial charge on any atom is -0.507 e. The minimum atomic E-state index is -4.47. The second kappa shape index (κ2) is 14.8. The Morgan fingerprint density at radius 3 is 1.44 bits per heavy atom. The van der Waals surface area contributed by atoms with Crippen molar-refractivity contribution >= 4 is 27.0 Å². The van der Waals surface area contributed by atoms with Crippen LogP contribution in [0.3, 0.4) is 0 Å². The molecule has 0 radical (unpaired) electrons. The van der Waals surface area contributed by atoms with Gasteiger partial charge in [0, 0.05) is 63.5 Å². The lowest BCUT2D eigenvalue weighted by molar-refractivity contribution is 0.0946. The molecule has 1 aliphatic rings. The fraction of sp³-hybridized carbons (Fsp3) is 0.462. The highest BCUT2D eigenvalue weighted by molar-refractivity contribution is 7.52. The van der Waals surface area contributed by atoms with E-state index in [1.165, 1.54) is 12.1 Å². The third kappa shape index (κ3) is 11.0. The zero-order valence-corrected chi connectivity index (χ0v) is 25.8. The molecule has 1 heterocycles. The molecule has 0 atom stereocenters. The predicted octanol–water partition coefficient (Wildman–Crippen LogP) is 0.352. The van der Waals surface area contributed by atoms with Crippen LogP contribution in [-0.2, 0) is 22.2 Å². The number of carbonyl (C=O) groups excluding carboxylic acids is 2. The number of carbonyl (C=O) groups is 2. The number of phenols is 2. The van der Waals surface area contributed by atoms with Crippen molar-refractivity contribution in [3.05, 3.63) is 57.6 Å². The molecule has 1 aliphatic heterocycles. The molecule has 0 unspecified atom stereocenters. The number of hydrogen-bond acceptors (Lipinski definition) is 9. The third-order valence-corrected chi connectivity index (χ3v) is 7.92. The molecule has 2 aromatic rings. The molecule has 15 nitrogen and oxygen atoms in total. The fourth-order valence-electron chi connectivity index (χ4n) is 4.74. The summed E-state index contributed by atoms with van der Waals surface area (Å²) in [6, 6.07) is 6.39. The van der Waals surface area contributed by atoms with Crippen LogP contribution in [0.5, 0.6) is 11.5 Å². The maximum Gasteiger partial charge on any atom is 0.344 e. The fourth-order valence-corrected chi connectivity index (χ4v) is 5.44. The molecule has 238 valence electrons. The first-order valence-corrected chi connectivity index (χ1v) is 17.1. The van der Waals surface area contributed by atoms with E-state index in [-0.39, 0.29) is 22.6 Å². The zero-order chi connectivity index (χ0) is 31.9. The topological polar surface area (TPSA) is 232 Å². The lowest BCUT2D eigenvalue weighted by Crippen LogP contribution is -2.35. The van der Waals surface area contributed by atoms with Crippen LogP contribution >= 0.6 is 15.2 Å². The van der Waals surface area contributed by atoms with E-state index in [1.807, 2.05) is 0 Å². The quantitative estimate of drug-likeness (QED) is 0.159. The second-order valence-electron chi connectivity index (χ2n) is 10.6. The summed E-state index contributed by atoms with van der Waals surface area (Å²) in [5.41, 5.74) is 2.18. The van der Waals surface area contributed by atoms with Gasteiger partial charge in [-0.1, -0.05) is 12.1 Å². The Bertz CT molecular complexity index is 1320. The van der Waals surface area contributed by atoms with Gasteiger partial charge in [0.05, 0.1) is 11.1 Å². The van der Waals surface area contributed by atoms with Crippen molar-refractivity contribution in [3.63, 3.8) is 0 Å². The van der Waals surface area contributed by atoms with Gasteiger partial charge in [0.15, 0.2) is 0 Å². The maximum atomic E-state index is 12.5. The Morgan fingerprint density at radius 1 is 0.721 bits per heavy atom. The lowest BCUT2D eigenvalue weighted by atomic mass is 10.0. The van der Waals surface area contributed by atoms with Gasteiger partial charge in [-0.15, -0.1) is 0 Å². The summed E-state index contributed by atoms with van der Waals surface area (Å²) in [6.07, 6.45) is -1.70. The molecular formula is C26H39N5O10P2. The highest BCUT2D eigenvalue weighted by Crippen LogP contribution is 2.34. The summed E-state index contributed by atoms with van der Waals surface area (Å²) < 4.78 is 22.3. The van der Waals surface area contributed by atoms with E-state index in [9.17, 15) is 28.9 Å². The van der Waals surface area contributed by atoms with Gasteiger partial charge in [-0.05, 0) is 37.1 Å². The number of amides is 2. The average molecular weight is 644 g/mol. The molecule has 0 saturated carbocycles. The Balaban J connectivity index is 1.74. The number of benzene rings is 2. The van der Waals surface area contributed by atoms with Crippen LogP contribution in [0.1, 0.15) is 43.0 Å². The molecule has 0 aliphatic carbocycles. The van der Waals surface area contributed by atoms with Crippen LogP contribution < -0.4 is 16.0 Å². The number of nitrogens with zero attached hydrogens (tertiary/aromatic N) is 2. The lowest BCUT2D eigenvalue weighted by Gasteiger charge is -2.27. The molecule has 2 amide bonds. The SMILES string of the molecule is Cc1cc(CN2CCNCCN(Cc3cc(C)cc(C(=O)NCP(=O)(O)O)c3O)CC2)c(O)c(C(=O)NCP(=O)(O)O)c1. The van der Waals surface area contributed by atoms with Gasteiger partial charge in [0.1, 0.15) is 24.1 Å². The summed E-state index contributed by atoms with van der Waals surface area (Å²) in [5, 5.41) is 29.4. The Hall–Kier alpha value is -2.84. The van der Waals surface area contributed by atoms with Gasteiger partial charge in [0.2, 0.25) is 0 Å². The number of nitrogens with one attached hydrogen (secondary N) is 3. The van der Waals surface area contributed by atoms with Crippen molar-refractivity contribution in [3.8, 4) is 11.5 Å². The molecule has 43 heavy (non-hydrogen) atoms. The largest absolute Gasteiger partial charge is 0.507 e. The number of aromatic hydroxyl groups is 2. The van der Waals surface area contributed by atoms with Crippen LogP contribution in [0.15, 0.2) is 24.3 Å². The van der Waals surface area contributed by atoms with Gasteiger partial charge in [-0.2, -0.15) is 0 Å². The minimum absolute atomic E-state index is 0.0805. The molecule has 0 spiro atoms. The van der Waals surface area contributed by atoms with Gasteiger partial charge >= 0.3 is 15.2 Å². The monoisotopic (exact) mass is 643 g/mol. The molecule has 2 aromatic carbocycles. The van der Waals surface area contributed by atoms with E-state index in [2.05, 4.69) is 25.8 Å². The van der Waals surface area contributed by atoms with E-state index in [0.29, 0.717) is 74.6 Å². The van der Waals surface area contributed by atoms with Crippen LogP contribution in [0.25, 0.3) is 0 Å². The number of phenolic OH excluding ortho intramolecular Hbond substituents is 2. The zero-order valence-electron chi connectivity index (χ0n) is 24.0. The number of aryl methyl sites for hydroxylation is 2. The van der Waals surface area contributed by atoms with Gasteiger partial charge in [0.25, 0.3) is 11.8 Å². The van der Waals surface area contributed by atoms with Gasteiger partial charge in [-0.3, -0.25) is 28.5 Å². The van der Waals surface area contributed by atoms with Crippen molar-refractivity contribution in [2.45, 2.75) is 26.9 Å². The van der Waals surface area contributed by atoms with Crippen LogP contribution in [0.4, 0.5) is 0 Å². The van der Waals surface area contributed by atoms with Crippen molar-refractivity contribution in [1.29, 1.82) is 0 Å². The maximum absolute atomic E-state index is 12.5. The third-order valence-electron chi connectivity index (χ3n) is 6.78. The van der Waals surface area contributed by atoms with Crippen molar-refractivity contribution in [1.82, 2.24) is 25.8 Å². The van der Waals surface area contributed by atoms with E-state index >= 15 is 0 Å². The smallest absolute Gasteiger partial charge is 0.344 e. The molecular weight excluding hydrogens is 604 g/mol. The van der Waals surface area contributed by atoms with E-state index < -0.39 is 39.6 Å². The molecule has 0 aromatic heterocycles. The molecule has 9 N–H and O–H groups in total. The van der Waals surface area contributed by atoms with Crippen LogP contribution in [0, 0.1) is 13.8 Å². The first-order chi connectivity index (χ1) is 20.0. The second-order valence-corrected chi connectivity index (χ2v) is 13.9. The standard InChI is InChI=1S/C26H39N5O10P2/c1-17-9-19(23(32)21(11-17)25(34)28-15-42(36,37)38)13-30-5-3-27-4-6-31(8-7-30)14-20-10-18(2)12-22(24(20)33)26(35)29-16-43(39,40)41/h9-12,27,32-33H,3-8,13-16H2,1-2H3,(H,28,34)(H,29,35)(H2,36,37,38)(H2,39,40,41). The Kier molecular flexibility index (Phi) is 11.9. The van der Waals surface area contributed by atoms with Crippen LogP contribution in [0.2, 0.25) is 0 Å². The summed E-state index contributed by atoms with van der Waals surface area (Å²) >= 11 is 0. The van der Waals surface area contributed by atoms with E-state index in [4.69, 9.17) is 19.6 Å². The molecule has 17 heteroatoms. The van der Waals surface area contributed by atoms with Crippen LogP contribution in [-0.4, -0.2) is 103 Å². The van der Waals surface area contributed by atoms with E-state index in [1.54, 1.807) is 26.0 Å². The van der Waals surface area contributed by atoms with Gasteiger partial charge < -0.3 is 45.7 Å². The summed E-state index contributed by atoms with van der Waals surface area (Å²) in [6.45, 7) is 7.74. The van der Waals surface area contributed by atoms with Crippen molar-refractivity contribution in [2.24, 2.45) is 0 Å². The summed E-state index contributed by atoms with van der Waals surface area (Å²) in [4.78, 5) is 65.5. The predicted molar refractivity (Wildman–Crippen MR) is 158 cm³/mol. The normalized spacial score (nSPS) is 15.8. The Labute approximate surface area is 249 Å². The highest BCUT2D eigenvalue weighted by Gasteiger charge is 2.23. The summed E-state index contributed by atoms with van der Waals surface area (Å²) in [7, 11) is -8.95. The van der Waals surface area contributed by atoms with E-state index in [0.717, 1.165) is 0 Å². The molecule has 3 rings (SSSR count). The number of hydrogen-bond donors (Lipinski definition) is 9. The van der Waals surface area contributed by atoms with Crippen molar-refractivity contribution in [2.75, 3.05) is 51.8 Å². The summed E-state index contributed by atoms with van der Waals surface area (Å²) in [5.74, 6) is -2.13.